The molecule has 1 aliphatic carbocycles. The van der Waals surface area contributed by atoms with Gasteiger partial charge in [-0.15, -0.1) is 0 Å². The number of hydrogen-bond donors (Lipinski definition) is 2. The van der Waals surface area contributed by atoms with E-state index in [0.29, 0.717) is 23.2 Å². The third-order valence-electron chi connectivity index (χ3n) is 6.62. The predicted octanol–water partition coefficient (Wildman–Crippen LogP) is 3.53. The lowest BCUT2D eigenvalue weighted by Gasteiger charge is -2.31. The fourth-order valence-corrected chi connectivity index (χ4v) is 5.65. The number of rotatable bonds is 7. The highest BCUT2D eigenvalue weighted by Gasteiger charge is 2.42. The third kappa shape index (κ3) is 5.51. The average Bonchev–Trinajstić information content (AvgIpc) is 3.23. The van der Waals surface area contributed by atoms with Crippen molar-refractivity contribution in [3.05, 3.63) is 65.7 Å². The molecule has 8 nitrogen and oxygen atoms in total. The molecule has 0 bridgehead atoms. The Morgan fingerprint density at radius 1 is 0.944 bits per heavy atom. The first-order chi connectivity index (χ1) is 17.6. The Balaban J connectivity index is 1.29. The van der Waals surface area contributed by atoms with Gasteiger partial charge in [0.1, 0.15) is 11.9 Å². The van der Waals surface area contributed by atoms with Crippen LogP contribution in [-0.2, 0) is 20.9 Å². The largest absolute Gasteiger partial charge is 0.353 e. The summed E-state index contributed by atoms with van der Waals surface area (Å²) in [5.41, 5.74) is 2.42. The van der Waals surface area contributed by atoms with Gasteiger partial charge in [0, 0.05) is 18.2 Å². The number of carbonyl (C=O) groups is 3. The standard InChI is InChI=1S/C27H29N5O3S/c33-23(28-16-18-9-3-1-4-10-18)15-22-26(35)31-25-20-13-7-8-14-21(20)30-27(32(22)25)36-17-24(34)29-19-11-5-2-6-12-19/h1,3-4,7-10,13-14,19,22H,2,5-6,11-12,15-17H2,(H,28,33)(H,29,34). The molecule has 0 spiro atoms. The van der Waals surface area contributed by atoms with E-state index in [1.54, 1.807) is 4.90 Å². The van der Waals surface area contributed by atoms with Crippen LogP contribution in [0.1, 0.15) is 49.7 Å². The first kappa shape index (κ1) is 24.2. The summed E-state index contributed by atoms with van der Waals surface area (Å²) in [6.07, 6.45) is 5.50. The number of amides is 3. The molecule has 1 fully saturated rings. The highest BCUT2D eigenvalue weighted by molar-refractivity contribution is 8.14. The molecule has 186 valence electrons. The van der Waals surface area contributed by atoms with Crippen molar-refractivity contribution in [2.24, 2.45) is 9.98 Å². The minimum atomic E-state index is -0.795. The number of thioether (sulfide) groups is 1. The number of aliphatic imine (C=N–C) groups is 2. The molecule has 2 aliphatic heterocycles. The monoisotopic (exact) mass is 503 g/mol. The molecule has 1 unspecified atom stereocenters. The highest BCUT2D eigenvalue weighted by atomic mass is 32.2. The van der Waals surface area contributed by atoms with Crippen LogP contribution < -0.4 is 10.6 Å². The lowest BCUT2D eigenvalue weighted by molar-refractivity contribution is -0.126. The Morgan fingerprint density at radius 2 is 1.69 bits per heavy atom. The van der Waals surface area contributed by atoms with Crippen molar-refractivity contribution in [3.8, 4) is 0 Å². The van der Waals surface area contributed by atoms with E-state index in [0.717, 1.165) is 36.8 Å². The summed E-state index contributed by atoms with van der Waals surface area (Å²) in [4.78, 5) is 49.2. The first-order valence-electron chi connectivity index (χ1n) is 12.4. The van der Waals surface area contributed by atoms with Crippen LogP contribution in [0.3, 0.4) is 0 Å². The van der Waals surface area contributed by atoms with Gasteiger partial charge in [-0.05, 0) is 30.5 Å². The Kier molecular flexibility index (Phi) is 7.46. The van der Waals surface area contributed by atoms with E-state index in [-0.39, 0.29) is 35.9 Å². The van der Waals surface area contributed by atoms with Crippen LogP contribution in [0.4, 0.5) is 5.69 Å². The molecule has 9 heteroatoms. The van der Waals surface area contributed by atoms with Gasteiger partial charge in [0.05, 0.1) is 17.9 Å². The molecule has 2 aromatic rings. The van der Waals surface area contributed by atoms with E-state index in [1.807, 2.05) is 54.6 Å². The number of nitrogens with one attached hydrogen (secondary N) is 2. The van der Waals surface area contributed by atoms with Crippen molar-refractivity contribution in [1.29, 1.82) is 0 Å². The van der Waals surface area contributed by atoms with Gasteiger partial charge >= 0.3 is 0 Å². The molecule has 3 aliphatic rings. The van der Waals surface area contributed by atoms with Gasteiger partial charge in [-0.25, -0.2) is 4.99 Å². The average molecular weight is 504 g/mol. The van der Waals surface area contributed by atoms with Crippen molar-refractivity contribution >= 4 is 46.2 Å². The van der Waals surface area contributed by atoms with E-state index in [2.05, 4.69) is 15.6 Å². The SMILES string of the molecule is O=C(CC1C(=O)N=C2c3ccccc3N=C(SCC(=O)NC3CCCCC3)N21)NCc1ccccc1. The molecule has 36 heavy (non-hydrogen) atoms. The van der Waals surface area contributed by atoms with Crippen LogP contribution >= 0.6 is 11.8 Å². The van der Waals surface area contributed by atoms with Gasteiger partial charge in [-0.3, -0.25) is 19.3 Å². The van der Waals surface area contributed by atoms with E-state index in [4.69, 9.17) is 4.99 Å². The lowest BCUT2D eigenvalue weighted by Crippen LogP contribution is -2.46. The van der Waals surface area contributed by atoms with Crippen molar-refractivity contribution in [2.45, 2.75) is 57.2 Å². The summed E-state index contributed by atoms with van der Waals surface area (Å²) >= 11 is 1.28. The molecule has 1 saturated carbocycles. The summed E-state index contributed by atoms with van der Waals surface area (Å²) in [5, 5.41) is 6.53. The number of para-hydroxylation sites is 1. The fraction of sp³-hybridized carbons (Fsp3) is 0.370. The second-order valence-electron chi connectivity index (χ2n) is 9.23. The van der Waals surface area contributed by atoms with Gasteiger partial charge in [0.2, 0.25) is 11.8 Å². The molecule has 3 amide bonds. The Bertz CT molecular complexity index is 1210. The number of nitrogens with zero attached hydrogens (tertiary/aromatic N) is 3. The summed E-state index contributed by atoms with van der Waals surface area (Å²) in [7, 11) is 0. The van der Waals surface area contributed by atoms with Crippen molar-refractivity contribution in [2.75, 3.05) is 5.75 Å². The molecule has 0 radical (unpaired) electrons. The van der Waals surface area contributed by atoms with Crippen molar-refractivity contribution < 1.29 is 14.4 Å². The Hall–Kier alpha value is -3.46. The van der Waals surface area contributed by atoms with E-state index >= 15 is 0 Å². The van der Waals surface area contributed by atoms with Crippen molar-refractivity contribution in [1.82, 2.24) is 15.5 Å². The van der Waals surface area contributed by atoms with E-state index in [9.17, 15) is 14.4 Å². The number of carbonyl (C=O) groups excluding carboxylic acids is 3. The maximum Gasteiger partial charge on any atom is 0.271 e. The van der Waals surface area contributed by atoms with Crippen LogP contribution in [0, 0.1) is 0 Å². The molecule has 1 atom stereocenters. The molecule has 5 rings (SSSR count). The normalized spacial score (nSPS) is 19.2. The van der Waals surface area contributed by atoms with E-state index in [1.165, 1.54) is 18.2 Å². The van der Waals surface area contributed by atoms with Crippen LogP contribution in [0.5, 0.6) is 0 Å². The first-order valence-corrected chi connectivity index (χ1v) is 13.4. The topological polar surface area (TPSA) is 103 Å². The maximum atomic E-state index is 13.0. The molecular formula is C27H29N5O3S. The summed E-state index contributed by atoms with van der Waals surface area (Å²) in [6.45, 7) is 0.383. The maximum absolute atomic E-state index is 13.0. The fourth-order valence-electron chi connectivity index (χ4n) is 4.79. The van der Waals surface area contributed by atoms with Crippen LogP contribution in [0.25, 0.3) is 0 Å². The molecule has 2 heterocycles. The predicted molar refractivity (Wildman–Crippen MR) is 141 cm³/mol. The molecule has 0 saturated heterocycles. The minimum absolute atomic E-state index is 0.0466. The second kappa shape index (κ2) is 11.1. The van der Waals surface area contributed by atoms with Crippen LogP contribution in [-0.4, -0.2) is 51.5 Å². The number of hydrogen-bond acceptors (Lipinski definition) is 6. The van der Waals surface area contributed by atoms with Gasteiger partial charge in [-0.2, -0.15) is 4.99 Å². The van der Waals surface area contributed by atoms with Crippen LogP contribution in [0.15, 0.2) is 64.6 Å². The smallest absolute Gasteiger partial charge is 0.271 e. The number of fused-ring (bicyclic) bond motifs is 3. The summed E-state index contributed by atoms with van der Waals surface area (Å²) in [5.74, 6) is 0.00210. The zero-order valence-electron chi connectivity index (χ0n) is 20.0. The second-order valence-corrected chi connectivity index (χ2v) is 10.2. The van der Waals surface area contributed by atoms with Gasteiger partial charge in [-0.1, -0.05) is 73.5 Å². The highest BCUT2D eigenvalue weighted by Crippen LogP contribution is 2.35. The van der Waals surface area contributed by atoms with Gasteiger partial charge in [0.25, 0.3) is 5.91 Å². The Morgan fingerprint density at radius 3 is 2.50 bits per heavy atom. The van der Waals surface area contributed by atoms with Crippen molar-refractivity contribution in [3.63, 3.8) is 0 Å². The van der Waals surface area contributed by atoms with Crippen LogP contribution in [0.2, 0.25) is 0 Å². The quantitative estimate of drug-likeness (QED) is 0.602. The molecule has 2 aromatic carbocycles. The molecule has 0 aromatic heterocycles. The summed E-state index contributed by atoms with van der Waals surface area (Å²) in [6, 6.07) is 16.5. The minimum Gasteiger partial charge on any atom is -0.353 e. The zero-order chi connectivity index (χ0) is 24.9. The molecular weight excluding hydrogens is 474 g/mol. The zero-order valence-corrected chi connectivity index (χ0v) is 20.8. The third-order valence-corrected chi connectivity index (χ3v) is 7.57. The molecule has 2 N–H and O–H groups in total. The number of amidine groups is 2. The van der Waals surface area contributed by atoms with E-state index < -0.39 is 6.04 Å². The Labute approximate surface area is 214 Å². The van der Waals surface area contributed by atoms with Gasteiger partial charge in [0.15, 0.2) is 5.17 Å². The summed E-state index contributed by atoms with van der Waals surface area (Å²) < 4.78 is 0. The lowest BCUT2D eigenvalue weighted by atomic mass is 9.95. The number of benzene rings is 2. The van der Waals surface area contributed by atoms with Gasteiger partial charge < -0.3 is 10.6 Å².